The van der Waals surface area contributed by atoms with Crippen molar-refractivity contribution < 1.29 is 4.79 Å². The molecule has 1 aromatic heterocycles. The van der Waals surface area contributed by atoms with E-state index in [0.717, 1.165) is 42.6 Å². The fraction of sp³-hybridized carbons (Fsp3) is 0.368. The molecule has 4 nitrogen and oxygen atoms in total. The molecule has 4 heteroatoms. The molecule has 1 saturated heterocycles. The van der Waals surface area contributed by atoms with Crippen LogP contribution in [-0.4, -0.2) is 24.0 Å². The summed E-state index contributed by atoms with van der Waals surface area (Å²) < 4.78 is 0. The number of hydrogen-bond acceptors (Lipinski definition) is 3. The summed E-state index contributed by atoms with van der Waals surface area (Å²) >= 11 is 0. The van der Waals surface area contributed by atoms with Crippen molar-refractivity contribution in [1.82, 2.24) is 15.6 Å². The van der Waals surface area contributed by atoms with E-state index in [0.29, 0.717) is 0 Å². The Morgan fingerprint density at radius 2 is 1.87 bits per heavy atom. The molecule has 1 aliphatic heterocycles. The minimum atomic E-state index is 0.0240. The fourth-order valence-corrected chi connectivity index (χ4v) is 3.00. The highest BCUT2D eigenvalue weighted by molar-refractivity contribution is 5.79. The number of hydrogen-bond donors (Lipinski definition) is 2. The summed E-state index contributed by atoms with van der Waals surface area (Å²) in [6, 6.07) is 12.4. The van der Waals surface area contributed by atoms with E-state index in [1.54, 1.807) is 12.4 Å². The van der Waals surface area contributed by atoms with Crippen LogP contribution in [0.25, 0.3) is 11.1 Å². The van der Waals surface area contributed by atoms with Crippen molar-refractivity contribution in [2.24, 2.45) is 5.92 Å². The topological polar surface area (TPSA) is 54.0 Å². The van der Waals surface area contributed by atoms with E-state index in [-0.39, 0.29) is 17.9 Å². The molecule has 2 atom stereocenters. The van der Waals surface area contributed by atoms with Crippen molar-refractivity contribution in [2.75, 3.05) is 13.1 Å². The van der Waals surface area contributed by atoms with Crippen molar-refractivity contribution in [2.45, 2.75) is 25.8 Å². The first-order valence-electron chi connectivity index (χ1n) is 8.25. The lowest BCUT2D eigenvalue weighted by Crippen LogP contribution is -2.41. The Hall–Kier alpha value is -2.20. The van der Waals surface area contributed by atoms with Gasteiger partial charge in [0, 0.05) is 18.9 Å². The molecule has 2 unspecified atom stereocenters. The molecule has 0 aliphatic carbocycles. The molecule has 2 aromatic rings. The number of nitrogens with zero attached hydrogens (tertiary/aromatic N) is 1. The van der Waals surface area contributed by atoms with Crippen LogP contribution in [0.2, 0.25) is 0 Å². The normalized spacial score (nSPS) is 19.1. The van der Waals surface area contributed by atoms with E-state index in [2.05, 4.69) is 39.9 Å². The second kappa shape index (κ2) is 7.38. The van der Waals surface area contributed by atoms with Crippen molar-refractivity contribution >= 4 is 5.91 Å². The maximum atomic E-state index is 12.3. The van der Waals surface area contributed by atoms with Crippen molar-refractivity contribution in [3.8, 4) is 11.1 Å². The summed E-state index contributed by atoms with van der Waals surface area (Å²) in [6.45, 7) is 3.85. The van der Waals surface area contributed by atoms with Crippen LogP contribution < -0.4 is 10.6 Å². The van der Waals surface area contributed by atoms with Gasteiger partial charge in [0.25, 0.3) is 0 Å². The Morgan fingerprint density at radius 3 is 2.52 bits per heavy atom. The van der Waals surface area contributed by atoms with Crippen LogP contribution in [0.5, 0.6) is 0 Å². The van der Waals surface area contributed by atoms with Gasteiger partial charge in [-0.1, -0.05) is 24.3 Å². The van der Waals surface area contributed by atoms with E-state index in [4.69, 9.17) is 0 Å². The van der Waals surface area contributed by atoms with Gasteiger partial charge in [-0.2, -0.15) is 0 Å². The van der Waals surface area contributed by atoms with Gasteiger partial charge >= 0.3 is 0 Å². The molecule has 2 N–H and O–H groups in total. The highest BCUT2D eigenvalue weighted by atomic mass is 16.1. The molecule has 0 radical (unpaired) electrons. The summed E-state index contributed by atoms with van der Waals surface area (Å²) in [6.07, 6.45) is 5.65. The molecular weight excluding hydrogens is 286 g/mol. The molecule has 0 saturated carbocycles. The maximum absolute atomic E-state index is 12.3. The SMILES string of the molecule is CC(NC(=O)C1CCCNC1)c1ccc(-c2ccncc2)cc1. The predicted molar refractivity (Wildman–Crippen MR) is 91.8 cm³/mol. The lowest BCUT2D eigenvalue weighted by atomic mass is 9.97. The summed E-state index contributed by atoms with van der Waals surface area (Å²) in [5, 5.41) is 6.42. The molecular formula is C19H23N3O. The van der Waals surface area contributed by atoms with Gasteiger partial charge in [-0.15, -0.1) is 0 Å². The van der Waals surface area contributed by atoms with E-state index in [1.807, 2.05) is 19.1 Å². The van der Waals surface area contributed by atoms with E-state index < -0.39 is 0 Å². The van der Waals surface area contributed by atoms with Crippen LogP contribution in [0.3, 0.4) is 0 Å². The van der Waals surface area contributed by atoms with Gasteiger partial charge in [-0.05, 0) is 55.1 Å². The van der Waals surface area contributed by atoms with Crippen molar-refractivity contribution in [3.63, 3.8) is 0 Å². The van der Waals surface area contributed by atoms with Crippen molar-refractivity contribution in [1.29, 1.82) is 0 Å². The number of nitrogens with one attached hydrogen (secondary N) is 2. The van der Waals surface area contributed by atoms with Crippen molar-refractivity contribution in [3.05, 3.63) is 54.4 Å². The third-order valence-electron chi connectivity index (χ3n) is 4.45. The molecule has 120 valence electrons. The number of amides is 1. The molecule has 3 rings (SSSR count). The van der Waals surface area contributed by atoms with Crippen LogP contribution in [0.4, 0.5) is 0 Å². The van der Waals surface area contributed by atoms with Crippen LogP contribution in [-0.2, 0) is 4.79 Å². The number of rotatable bonds is 4. The summed E-state index contributed by atoms with van der Waals surface area (Å²) in [4.78, 5) is 16.4. The molecule has 1 amide bonds. The largest absolute Gasteiger partial charge is 0.349 e. The first-order valence-corrected chi connectivity index (χ1v) is 8.25. The smallest absolute Gasteiger partial charge is 0.224 e. The van der Waals surface area contributed by atoms with Gasteiger partial charge in [-0.25, -0.2) is 0 Å². The number of carbonyl (C=O) groups is 1. The zero-order valence-electron chi connectivity index (χ0n) is 13.5. The average molecular weight is 309 g/mol. The molecule has 0 bridgehead atoms. The van der Waals surface area contributed by atoms with E-state index in [9.17, 15) is 4.79 Å². The molecule has 23 heavy (non-hydrogen) atoms. The van der Waals surface area contributed by atoms with Crippen LogP contribution in [0, 0.1) is 5.92 Å². The highest BCUT2D eigenvalue weighted by Crippen LogP contribution is 2.22. The Morgan fingerprint density at radius 1 is 1.17 bits per heavy atom. The zero-order chi connectivity index (χ0) is 16.1. The third kappa shape index (κ3) is 3.96. The molecule has 1 aromatic carbocycles. The first kappa shape index (κ1) is 15.7. The van der Waals surface area contributed by atoms with Crippen LogP contribution >= 0.6 is 0 Å². The number of aromatic nitrogens is 1. The van der Waals surface area contributed by atoms with Gasteiger partial charge in [0.1, 0.15) is 0 Å². The Kier molecular flexibility index (Phi) is 5.03. The first-order chi connectivity index (χ1) is 11.2. The molecule has 0 spiro atoms. The molecule has 1 aliphatic rings. The minimum absolute atomic E-state index is 0.0240. The van der Waals surface area contributed by atoms with Gasteiger partial charge in [-0.3, -0.25) is 9.78 Å². The van der Waals surface area contributed by atoms with Gasteiger partial charge in [0.2, 0.25) is 5.91 Å². The van der Waals surface area contributed by atoms with Gasteiger partial charge < -0.3 is 10.6 Å². The summed E-state index contributed by atoms with van der Waals surface area (Å²) in [5.74, 6) is 0.255. The number of piperidine rings is 1. The standard InChI is InChI=1S/C19H23N3O/c1-14(22-19(23)18-3-2-10-21-13-18)15-4-6-16(7-5-15)17-8-11-20-12-9-17/h4-9,11-12,14,18,21H,2-3,10,13H2,1H3,(H,22,23). The molecule has 2 heterocycles. The van der Waals surface area contributed by atoms with E-state index in [1.165, 1.54) is 0 Å². The minimum Gasteiger partial charge on any atom is -0.349 e. The zero-order valence-corrected chi connectivity index (χ0v) is 13.5. The summed E-state index contributed by atoms with van der Waals surface area (Å²) in [5.41, 5.74) is 3.43. The Labute approximate surface area is 137 Å². The van der Waals surface area contributed by atoms with Crippen LogP contribution in [0.15, 0.2) is 48.8 Å². The third-order valence-corrected chi connectivity index (χ3v) is 4.45. The van der Waals surface area contributed by atoms with Gasteiger partial charge in [0.15, 0.2) is 0 Å². The lowest BCUT2D eigenvalue weighted by molar-refractivity contribution is -0.126. The van der Waals surface area contributed by atoms with E-state index >= 15 is 0 Å². The molecule has 1 fully saturated rings. The van der Waals surface area contributed by atoms with Crippen LogP contribution in [0.1, 0.15) is 31.4 Å². The number of benzene rings is 1. The second-order valence-electron chi connectivity index (χ2n) is 6.13. The second-order valence-corrected chi connectivity index (χ2v) is 6.13. The highest BCUT2D eigenvalue weighted by Gasteiger charge is 2.22. The fourth-order valence-electron chi connectivity index (χ4n) is 3.00. The monoisotopic (exact) mass is 309 g/mol. The quantitative estimate of drug-likeness (QED) is 0.913. The Bertz CT molecular complexity index is 633. The Balaban J connectivity index is 1.63. The summed E-state index contributed by atoms with van der Waals surface area (Å²) in [7, 11) is 0. The predicted octanol–water partition coefficient (Wildman–Crippen LogP) is 2.93. The van der Waals surface area contributed by atoms with Gasteiger partial charge in [0.05, 0.1) is 12.0 Å². The average Bonchev–Trinajstić information content (AvgIpc) is 2.63. The number of pyridine rings is 1. The number of carbonyl (C=O) groups excluding carboxylic acids is 1. The maximum Gasteiger partial charge on any atom is 0.224 e. The lowest BCUT2D eigenvalue weighted by Gasteiger charge is -2.24.